The fourth-order valence-corrected chi connectivity index (χ4v) is 4.21. The standard InChI is InChI=1S/C25H30ClN7O5/c1-5-13(4)10-16(22(35)29-14-8-9-15(20(27)34)17(26)11-14)23(36)31-18-12-28-21-19(30-18)24(37)33(7-3)25(38)32(21)6-2/h8-9,11-13,16H,5-7,10H2,1-4H3,(H2,27,34)(H,29,35)(H,30,31,36). The average Bonchev–Trinajstić information content (AvgIpc) is 2.87. The van der Waals surface area contributed by atoms with Gasteiger partial charge in [0.25, 0.3) is 5.56 Å². The van der Waals surface area contributed by atoms with Gasteiger partial charge in [-0.05, 0) is 44.4 Å². The van der Waals surface area contributed by atoms with Crippen LogP contribution in [0, 0.1) is 11.8 Å². The van der Waals surface area contributed by atoms with Crippen LogP contribution in [0.2, 0.25) is 5.02 Å². The Morgan fingerprint density at radius 3 is 2.29 bits per heavy atom. The van der Waals surface area contributed by atoms with Crippen LogP contribution in [0.15, 0.2) is 34.0 Å². The summed E-state index contributed by atoms with van der Waals surface area (Å²) in [5.74, 6) is -3.05. The summed E-state index contributed by atoms with van der Waals surface area (Å²) in [5, 5.41) is 5.31. The van der Waals surface area contributed by atoms with Crippen LogP contribution in [0.5, 0.6) is 0 Å². The highest BCUT2D eigenvalue weighted by Crippen LogP contribution is 2.23. The second-order valence-electron chi connectivity index (χ2n) is 8.84. The van der Waals surface area contributed by atoms with E-state index in [0.717, 1.165) is 11.0 Å². The first-order valence-corrected chi connectivity index (χ1v) is 12.6. The van der Waals surface area contributed by atoms with E-state index in [1.807, 2.05) is 13.8 Å². The molecule has 202 valence electrons. The summed E-state index contributed by atoms with van der Waals surface area (Å²) in [6.07, 6.45) is 2.21. The molecule has 0 saturated heterocycles. The quantitative estimate of drug-likeness (QED) is 0.329. The molecule has 3 aromatic rings. The van der Waals surface area contributed by atoms with Crippen molar-refractivity contribution in [2.45, 2.75) is 53.6 Å². The van der Waals surface area contributed by atoms with Gasteiger partial charge >= 0.3 is 5.69 Å². The first-order chi connectivity index (χ1) is 18.0. The van der Waals surface area contributed by atoms with E-state index < -0.39 is 34.9 Å². The molecule has 2 unspecified atom stereocenters. The summed E-state index contributed by atoms with van der Waals surface area (Å²) < 4.78 is 2.37. The predicted octanol–water partition coefficient (Wildman–Crippen LogP) is 2.37. The number of fused-ring (bicyclic) bond motifs is 1. The normalized spacial score (nSPS) is 12.7. The van der Waals surface area contributed by atoms with Crippen LogP contribution in [0.25, 0.3) is 11.2 Å². The van der Waals surface area contributed by atoms with Crippen LogP contribution < -0.4 is 27.6 Å². The molecule has 4 N–H and O–H groups in total. The molecular formula is C25H30ClN7O5. The van der Waals surface area contributed by atoms with E-state index in [-0.39, 0.29) is 58.7 Å². The Labute approximate surface area is 223 Å². The molecule has 0 bridgehead atoms. The molecule has 2 aromatic heterocycles. The topological polar surface area (TPSA) is 171 Å². The fraction of sp³-hybridized carbons (Fsp3) is 0.400. The highest BCUT2D eigenvalue weighted by Gasteiger charge is 2.29. The van der Waals surface area contributed by atoms with Crippen LogP contribution in [-0.4, -0.2) is 36.8 Å². The Morgan fingerprint density at radius 1 is 1.05 bits per heavy atom. The zero-order valence-electron chi connectivity index (χ0n) is 21.6. The van der Waals surface area contributed by atoms with Gasteiger partial charge in [0, 0.05) is 18.8 Å². The van der Waals surface area contributed by atoms with Crippen molar-refractivity contribution in [2.75, 3.05) is 10.6 Å². The lowest BCUT2D eigenvalue weighted by Gasteiger charge is -2.20. The number of aryl methyl sites for hydroxylation is 1. The molecule has 1 aromatic carbocycles. The number of nitrogens with zero attached hydrogens (tertiary/aromatic N) is 4. The molecule has 0 radical (unpaired) electrons. The molecule has 0 aliphatic rings. The summed E-state index contributed by atoms with van der Waals surface area (Å²) in [6.45, 7) is 7.70. The lowest BCUT2D eigenvalue weighted by atomic mass is 9.92. The lowest BCUT2D eigenvalue weighted by Crippen LogP contribution is -2.40. The first kappa shape index (κ1) is 28.5. The zero-order valence-corrected chi connectivity index (χ0v) is 22.3. The highest BCUT2D eigenvalue weighted by molar-refractivity contribution is 6.34. The lowest BCUT2D eigenvalue weighted by molar-refractivity contribution is -0.130. The summed E-state index contributed by atoms with van der Waals surface area (Å²) in [6, 6.07) is 4.22. The summed E-state index contributed by atoms with van der Waals surface area (Å²) in [7, 11) is 0. The van der Waals surface area contributed by atoms with Crippen LogP contribution in [0.4, 0.5) is 11.5 Å². The third kappa shape index (κ3) is 5.91. The Morgan fingerprint density at radius 2 is 1.71 bits per heavy atom. The number of carbonyl (C=O) groups is 3. The van der Waals surface area contributed by atoms with Gasteiger partial charge in [0.05, 0.1) is 16.8 Å². The van der Waals surface area contributed by atoms with Crippen molar-refractivity contribution in [3.8, 4) is 0 Å². The molecular weight excluding hydrogens is 514 g/mol. The average molecular weight is 544 g/mol. The molecule has 13 heteroatoms. The van der Waals surface area contributed by atoms with Crippen molar-refractivity contribution >= 4 is 52.0 Å². The number of anilines is 2. The number of rotatable bonds is 10. The first-order valence-electron chi connectivity index (χ1n) is 12.2. The number of primary amides is 1. The fourth-order valence-electron chi connectivity index (χ4n) is 3.94. The molecule has 3 amide bonds. The van der Waals surface area contributed by atoms with E-state index >= 15 is 0 Å². The molecule has 2 atom stereocenters. The summed E-state index contributed by atoms with van der Waals surface area (Å²) in [5.41, 5.74) is 4.58. The van der Waals surface area contributed by atoms with Gasteiger partial charge in [-0.25, -0.2) is 14.8 Å². The Balaban J connectivity index is 1.92. The van der Waals surface area contributed by atoms with Gasteiger partial charge in [0.1, 0.15) is 5.92 Å². The third-order valence-corrected chi connectivity index (χ3v) is 6.58. The molecule has 0 saturated carbocycles. The van der Waals surface area contributed by atoms with Gasteiger partial charge in [0.15, 0.2) is 17.0 Å². The number of hydrogen-bond donors (Lipinski definition) is 3. The summed E-state index contributed by atoms with van der Waals surface area (Å²) >= 11 is 6.08. The van der Waals surface area contributed by atoms with Gasteiger partial charge in [-0.3, -0.25) is 28.3 Å². The van der Waals surface area contributed by atoms with Gasteiger partial charge in [-0.15, -0.1) is 0 Å². The smallest absolute Gasteiger partial charge is 0.332 e. The number of benzene rings is 1. The number of carbonyl (C=O) groups excluding carboxylic acids is 3. The molecule has 38 heavy (non-hydrogen) atoms. The minimum absolute atomic E-state index is 0.0284. The molecule has 2 heterocycles. The molecule has 0 spiro atoms. The van der Waals surface area contributed by atoms with Gasteiger partial charge < -0.3 is 16.4 Å². The number of nitrogens with one attached hydrogen (secondary N) is 2. The minimum atomic E-state index is -1.12. The molecule has 12 nitrogen and oxygen atoms in total. The molecule has 0 fully saturated rings. The van der Waals surface area contributed by atoms with E-state index in [0.29, 0.717) is 0 Å². The maximum atomic E-state index is 13.3. The maximum absolute atomic E-state index is 13.3. The Hall–Kier alpha value is -4.06. The molecule has 0 aliphatic carbocycles. The van der Waals surface area contributed by atoms with E-state index in [1.165, 1.54) is 29.0 Å². The van der Waals surface area contributed by atoms with Gasteiger partial charge in [-0.1, -0.05) is 31.9 Å². The van der Waals surface area contributed by atoms with Crippen molar-refractivity contribution in [1.29, 1.82) is 0 Å². The molecule has 0 aliphatic heterocycles. The minimum Gasteiger partial charge on any atom is -0.366 e. The van der Waals surface area contributed by atoms with Crippen molar-refractivity contribution < 1.29 is 14.4 Å². The van der Waals surface area contributed by atoms with Crippen LogP contribution >= 0.6 is 11.6 Å². The van der Waals surface area contributed by atoms with E-state index in [4.69, 9.17) is 17.3 Å². The van der Waals surface area contributed by atoms with Crippen molar-refractivity contribution in [2.24, 2.45) is 17.6 Å². The van der Waals surface area contributed by atoms with Gasteiger partial charge in [0.2, 0.25) is 17.7 Å². The Kier molecular flexibility index (Phi) is 9.00. The van der Waals surface area contributed by atoms with E-state index in [2.05, 4.69) is 20.6 Å². The SMILES string of the molecule is CCC(C)CC(C(=O)Nc1ccc(C(N)=O)c(Cl)c1)C(=O)Nc1cnc2c(n1)c(=O)n(CC)c(=O)n2CC. The second-order valence-corrected chi connectivity index (χ2v) is 9.25. The molecule has 3 rings (SSSR count). The van der Waals surface area contributed by atoms with Crippen LogP contribution in [0.3, 0.4) is 0 Å². The number of amides is 3. The second kappa shape index (κ2) is 12.0. The maximum Gasteiger partial charge on any atom is 0.332 e. The monoisotopic (exact) mass is 543 g/mol. The predicted molar refractivity (Wildman–Crippen MR) is 144 cm³/mol. The summed E-state index contributed by atoms with van der Waals surface area (Å²) in [4.78, 5) is 71.7. The van der Waals surface area contributed by atoms with Crippen LogP contribution in [0.1, 0.15) is 50.9 Å². The van der Waals surface area contributed by atoms with Gasteiger partial charge in [-0.2, -0.15) is 0 Å². The zero-order chi connectivity index (χ0) is 28.1. The van der Waals surface area contributed by atoms with E-state index in [1.54, 1.807) is 13.8 Å². The van der Waals surface area contributed by atoms with E-state index in [9.17, 15) is 24.0 Å². The number of nitrogens with two attached hydrogens (primary N) is 1. The largest absolute Gasteiger partial charge is 0.366 e. The number of hydrogen-bond acceptors (Lipinski definition) is 7. The van der Waals surface area contributed by atoms with Crippen LogP contribution in [-0.2, 0) is 22.7 Å². The number of halogens is 1. The van der Waals surface area contributed by atoms with Crippen molar-refractivity contribution in [1.82, 2.24) is 19.1 Å². The van der Waals surface area contributed by atoms with Crippen molar-refractivity contribution in [3.63, 3.8) is 0 Å². The number of aromatic nitrogens is 4. The van der Waals surface area contributed by atoms with Crippen molar-refractivity contribution in [3.05, 3.63) is 55.8 Å². The Bertz CT molecular complexity index is 1510. The third-order valence-electron chi connectivity index (χ3n) is 6.27. The highest BCUT2D eigenvalue weighted by atomic mass is 35.5.